The molecule has 2 heterocycles. The van der Waals surface area contributed by atoms with Crippen LogP contribution < -0.4 is 4.90 Å². The molecule has 1 aliphatic heterocycles. The molecule has 172 valence electrons. The molecule has 1 aromatic heterocycles. The van der Waals surface area contributed by atoms with Crippen molar-refractivity contribution in [3.63, 3.8) is 0 Å². The van der Waals surface area contributed by atoms with Crippen LogP contribution in [0.3, 0.4) is 0 Å². The molecule has 0 unspecified atom stereocenters. The number of anilines is 1. The van der Waals surface area contributed by atoms with Crippen LogP contribution in [0.2, 0.25) is 5.02 Å². The summed E-state index contributed by atoms with van der Waals surface area (Å²) in [6.45, 7) is 7.34. The average Bonchev–Trinajstić information content (AvgIpc) is 3.45. The van der Waals surface area contributed by atoms with Crippen LogP contribution in [0.4, 0.5) is 5.69 Å². The minimum absolute atomic E-state index is 0.287. The predicted molar refractivity (Wildman–Crippen MR) is 133 cm³/mol. The van der Waals surface area contributed by atoms with E-state index >= 15 is 0 Å². The van der Waals surface area contributed by atoms with E-state index in [1.807, 2.05) is 47.1 Å². The number of aromatic nitrogens is 2. The van der Waals surface area contributed by atoms with Gasteiger partial charge in [0, 0.05) is 31.2 Å². The third-order valence-electron chi connectivity index (χ3n) is 7.40. The van der Waals surface area contributed by atoms with Crippen molar-refractivity contribution >= 4 is 23.2 Å². The van der Waals surface area contributed by atoms with E-state index in [0.29, 0.717) is 0 Å². The lowest BCUT2D eigenvalue weighted by Crippen LogP contribution is -2.54. The Morgan fingerprint density at radius 2 is 1.55 bits per heavy atom. The van der Waals surface area contributed by atoms with Crippen LogP contribution in [-0.4, -0.2) is 46.8 Å². The Morgan fingerprint density at radius 1 is 0.909 bits per heavy atom. The van der Waals surface area contributed by atoms with Gasteiger partial charge in [-0.25, -0.2) is 4.68 Å². The summed E-state index contributed by atoms with van der Waals surface area (Å²) in [6.07, 6.45) is 4.06. The Balaban J connectivity index is 1.34. The van der Waals surface area contributed by atoms with E-state index < -0.39 is 5.41 Å². The second-order valence-electron chi connectivity index (χ2n) is 9.34. The minimum atomic E-state index is -0.392. The Labute approximate surface area is 201 Å². The van der Waals surface area contributed by atoms with Crippen LogP contribution in [0.5, 0.6) is 0 Å². The molecule has 5 rings (SSSR count). The molecule has 2 aromatic carbocycles. The Kier molecular flexibility index (Phi) is 5.92. The molecule has 0 bridgehead atoms. The van der Waals surface area contributed by atoms with Gasteiger partial charge in [-0.2, -0.15) is 5.10 Å². The number of nitrogens with zero attached hydrogens (tertiary/aromatic N) is 4. The van der Waals surface area contributed by atoms with Crippen molar-refractivity contribution in [3.05, 3.63) is 76.6 Å². The zero-order chi connectivity index (χ0) is 23.0. The number of para-hydroxylation sites is 1. The standard InChI is InChI=1S/C27H31ClN4O/c1-20-25(21(2)32(29-20)24-8-4-3-5-9-24)30-16-18-31(19-17-30)26(33)27(14-6-7-15-27)22-10-12-23(28)13-11-22/h3-5,8-13H,6-7,14-19H2,1-2H3. The molecule has 1 saturated heterocycles. The van der Waals surface area contributed by atoms with E-state index in [1.54, 1.807) is 0 Å². The van der Waals surface area contributed by atoms with Crippen LogP contribution in [0.15, 0.2) is 54.6 Å². The number of benzene rings is 2. The van der Waals surface area contributed by atoms with Crippen LogP contribution in [0.25, 0.3) is 5.69 Å². The number of carbonyl (C=O) groups is 1. The normalized spacial score (nSPS) is 18.0. The lowest BCUT2D eigenvalue weighted by Gasteiger charge is -2.41. The summed E-state index contributed by atoms with van der Waals surface area (Å²) in [7, 11) is 0. The number of halogens is 1. The molecule has 0 radical (unpaired) electrons. The summed E-state index contributed by atoms with van der Waals surface area (Å²) in [5.41, 5.74) is 5.17. The van der Waals surface area contributed by atoms with Gasteiger partial charge in [0.1, 0.15) is 0 Å². The van der Waals surface area contributed by atoms with Crippen LogP contribution in [-0.2, 0) is 10.2 Å². The maximum atomic E-state index is 13.8. The Morgan fingerprint density at radius 3 is 2.18 bits per heavy atom. The molecule has 6 heteroatoms. The van der Waals surface area contributed by atoms with E-state index in [9.17, 15) is 4.79 Å². The second-order valence-corrected chi connectivity index (χ2v) is 9.78. The molecule has 1 aliphatic carbocycles. The second kappa shape index (κ2) is 8.86. The van der Waals surface area contributed by atoms with Gasteiger partial charge in [-0.15, -0.1) is 0 Å². The first-order chi connectivity index (χ1) is 16.0. The number of rotatable bonds is 4. The van der Waals surface area contributed by atoms with E-state index in [4.69, 9.17) is 16.7 Å². The zero-order valence-electron chi connectivity index (χ0n) is 19.4. The number of hydrogen-bond donors (Lipinski definition) is 0. The lowest BCUT2D eigenvalue weighted by atomic mass is 9.77. The highest BCUT2D eigenvalue weighted by Crippen LogP contribution is 2.43. The van der Waals surface area contributed by atoms with Gasteiger partial charge in [-0.05, 0) is 56.5 Å². The fourth-order valence-corrected chi connectivity index (χ4v) is 5.85. The number of amides is 1. The highest BCUT2D eigenvalue weighted by Gasteiger charge is 2.45. The van der Waals surface area contributed by atoms with Gasteiger partial charge in [-0.3, -0.25) is 4.79 Å². The van der Waals surface area contributed by atoms with Crippen molar-refractivity contribution < 1.29 is 4.79 Å². The topological polar surface area (TPSA) is 41.4 Å². The summed E-state index contributed by atoms with van der Waals surface area (Å²) in [6, 6.07) is 18.2. The quantitative estimate of drug-likeness (QED) is 0.528. The summed E-state index contributed by atoms with van der Waals surface area (Å²) in [4.78, 5) is 18.3. The molecule has 0 N–H and O–H groups in total. The molecule has 0 spiro atoms. The molecule has 3 aromatic rings. The first-order valence-corrected chi connectivity index (χ1v) is 12.3. The zero-order valence-corrected chi connectivity index (χ0v) is 20.2. The maximum Gasteiger partial charge on any atom is 0.233 e. The molecule has 0 atom stereocenters. The van der Waals surface area contributed by atoms with Crippen LogP contribution in [0.1, 0.15) is 42.6 Å². The van der Waals surface area contributed by atoms with Crippen molar-refractivity contribution in [1.29, 1.82) is 0 Å². The highest BCUT2D eigenvalue weighted by atomic mass is 35.5. The largest absolute Gasteiger partial charge is 0.365 e. The minimum Gasteiger partial charge on any atom is -0.365 e. The van der Waals surface area contributed by atoms with E-state index in [-0.39, 0.29) is 5.91 Å². The maximum absolute atomic E-state index is 13.8. The van der Waals surface area contributed by atoms with E-state index in [2.05, 4.69) is 35.8 Å². The first kappa shape index (κ1) is 22.0. The summed E-state index contributed by atoms with van der Waals surface area (Å²) in [5, 5.41) is 5.53. The van der Waals surface area contributed by atoms with Crippen molar-refractivity contribution in [1.82, 2.24) is 14.7 Å². The number of carbonyl (C=O) groups excluding carboxylic acids is 1. The molecule has 1 amide bonds. The van der Waals surface area contributed by atoms with Gasteiger partial charge >= 0.3 is 0 Å². The highest BCUT2D eigenvalue weighted by molar-refractivity contribution is 6.30. The van der Waals surface area contributed by atoms with Gasteiger partial charge in [0.25, 0.3) is 0 Å². The van der Waals surface area contributed by atoms with Crippen LogP contribution >= 0.6 is 11.6 Å². The molecule has 1 saturated carbocycles. The summed E-state index contributed by atoms with van der Waals surface area (Å²) in [5.74, 6) is 0.287. The summed E-state index contributed by atoms with van der Waals surface area (Å²) >= 11 is 6.12. The molecular weight excluding hydrogens is 432 g/mol. The van der Waals surface area contributed by atoms with Gasteiger partial charge in [0.15, 0.2) is 0 Å². The van der Waals surface area contributed by atoms with Gasteiger partial charge in [0.2, 0.25) is 5.91 Å². The smallest absolute Gasteiger partial charge is 0.233 e. The van der Waals surface area contributed by atoms with E-state index in [0.717, 1.165) is 79.5 Å². The monoisotopic (exact) mass is 462 g/mol. The molecule has 2 aliphatic rings. The Bertz CT molecular complexity index is 1120. The van der Waals surface area contributed by atoms with Crippen molar-refractivity contribution in [3.8, 4) is 5.69 Å². The van der Waals surface area contributed by atoms with Gasteiger partial charge in [0.05, 0.1) is 28.2 Å². The number of hydrogen-bond acceptors (Lipinski definition) is 3. The average molecular weight is 463 g/mol. The molecule has 2 fully saturated rings. The number of aryl methyl sites for hydroxylation is 1. The molecule has 5 nitrogen and oxygen atoms in total. The van der Waals surface area contributed by atoms with E-state index in [1.165, 1.54) is 5.69 Å². The van der Waals surface area contributed by atoms with Crippen molar-refractivity contribution in [2.24, 2.45) is 0 Å². The van der Waals surface area contributed by atoms with Crippen LogP contribution in [0, 0.1) is 13.8 Å². The first-order valence-electron chi connectivity index (χ1n) is 11.9. The predicted octanol–water partition coefficient (Wildman–Crippen LogP) is 5.30. The lowest BCUT2D eigenvalue weighted by molar-refractivity contribution is -0.137. The Hall–Kier alpha value is -2.79. The fourth-order valence-electron chi connectivity index (χ4n) is 5.72. The van der Waals surface area contributed by atoms with Crippen molar-refractivity contribution in [2.75, 3.05) is 31.1 Å². The third kappa shape index (κ3) is 3.93. The third-order valence-corrected chi connectivity index (χ3v) is 7.65. The molecule has 33 heavy (non-hydrogen) atoms. The fraction of sp³-hybridized carbons (Fsp3) is 0.407. The van der Waals surface area contributed by atoms with Gasteiger partial charge < -0.3 is 9.80 Å². The van der Waals surface area contributed by atoms with Gasteiger partial charge in [-0.1, -0.05) is 54.8 Å². The SMILES string of the molecule is Cc1nn(-c2ccccc2)c(C)c1N1CCN(C(=O)C2(c3ccc(Cl)cc3)CCCC2)CC1. The van der Waals surface area contributed by atoms with Crippen molar-refractivity contribution in [2.45, 2.75) is 44.9 Å². The summed E-state index contributed by atoms with van der Waals surface area (Å²) < 4.78 is 2.02. The molecular formula is C27H31ClN4O. The number of piperazine rings is 1.